The molecule has 4 nitrogen and oxygen atoms in total. The third kappa shape index (κ3) is 2.50. The van der Waals surface area contributed by atoms with Crippen LogP contribution in [0.1, 0.15) is 31.2 Å². The van der Waals surface area contributed by atoms with Crippen molar-refractivity contribution in [3.63, 3.8) is 0 Å². The number of rotatable bonds is 6. The van der Waals surface area contributed by atoms with Crippen LogP contribution in [-0.2, 0) is 21.2 Å². The van der Waals surface area contributed by atoms with Crippen LogP contribution in [0.5, 0.6) is 0 Å². The zero-order valence-corrected chi connectivity index (χ0v) is 12.2. The quantitative estimate of drug-likeness (QED) is 0.867. The topological polar surface area (TPSA) is 63.6 Å². The Bertz CT molecular complexity index is 557. The van der Waals surface area contributed by atoms with Crippen molar-refractivity contribution in [2.24, 2.45) is 0 Å². The maximum absolute atomic E-state index is 12.5. The van der Waals surface area contributed by atoms with Gasteiger partial charge >= 0.3 is 0 Å². The van der Waals surface area contributed by atoms with Crippen LogP contribution in [0.4, 0.5) is 0 Å². The Morgan fingerprint density at radius 2 is 1.85 bits per heavy atom. The predicted molar refractivity (Wildman–Crippen MR) is 76.0 cm³/mol. The van der Waals surface area contributed by atoms with Gasteiger partial charge < -0.3 is 9.84 Å². The summed E-state index contributed by atoms with van der Waals surface area (Å²) in [6.45, 7) is 0.724. The molecule has 2 saturated carbocycles. The van der Waals surface area contributed by atoms with Crippen molar-refractivity contribution in [2.45, 2.75) is 48.4 Å². The van der Waals surface area contributed by atoms with E-state index >= 15 is 0 Å². The molecular weight excluding hydrogens is 276 g/mol. The summed E-state index contributed by atoms with van der Waals surface area (Å²) in [5, 5.41) is 8.94. The average Bonchev–Trinajstić information content (AvgIpc) is 3.18. The van der Waals surface area contributed by atoms with E-state index in [4.69, 9.17) is 4.74 Å². The lowest BCUT2D eigenvalue weighted by Crippen LogP contribution is -2.46. The van der Waals surface area contributed by atoms with Crippen LogP contribution in [0.15, 0.2) is 30.3 Å². The fraction of sp³-hybridized carbons (Fsp3) is 0.600. The summed E-state index contributed by atoms with van der Waals surface area (Å²) < 4.78 is 30.0. The minimum Gasteiger partial charge on any atom is -0.393 e. The monoisotopic (exact) mass is 296 g/mol. The standard InChI is InChI=1S/C15H20O4S/c16-13-8-14(9-13)20(17,18)15(6-7-15)11-19-10-12-4-2-1-3-5-12/h1-5,13-14,16H,6-11H2. The van der Waals surface area contributed by atoms with Gasteiger partial charge in [0.1, 0.15) is 0 Å². The minimum atomic E-state index is -3.16. The van der Waals surface area contributed by atoms with Gasteiger partial charge in [0.05, 0.1) is 29.3 Å². The van der Waals surface area contributed by atoms with Gasteiger partial charge in [0.25, 0.3) is 0 Å². The SMILES string of the molecule is O=S(=O)(C1CC(O)C1)C1(COCc2ccccc2)CC1. The van der Waals surface area contributed by atoms with E-state index in [0.717, 1.165) is 5.56 Å². The molecule has 1 N–H and O–H groups in total. The minimum absolute atomic E-state index is 0.275. The van der Waals surface area contributed by atoms with Crippen molar-refractivity contribution in [3.05, 3.63) is 35.9 Å². The Kier molecular flexibility index (Phi) is 3.60. The summed E-state index contributed by atoms with van der Waals surface area (Å²) >= 11 is 0. The summed E-state index contributed by atoms with van der Waals surface area (Å²) in [5.74, 6) is 0. The third-order valence-electron chi connectivity index (χ3n) is 4.40. The molecule has 0 unspecified atom stereocenters. The van der Waals surface area contributed by atoms with E-state index in [-0.39, 0.29) is 11.9 Å². The summed E-state index contributed by atoms with van der Waals surface area (Å²) in [7, 11) is -3.16. The lowest BCUT2D eigenvalue weighted by molar-refractivity contribution is 0.0938. The first-order valence-electron chi connectivity index (χ1n) is 7.07. The highest BCUT2D eigenvalue weighted by atomic mass is 32.2. The number of benzene rings is 1. The van der Waals surface area contributed by atoms with Crippen LogP contribution < -0.4 is 0 Å². The van der Waals surface area contributed by atoms with Crippen LogP contribution in [0, 0.1) is 0 Å². The molecule has 0 spiro atoms. The van der Waals surface area contributed by atoms with Crippen molar-refractivity contribution < 1.29 is 18.3 Å². The highest BCUT2D eigenvalue weighted by molar-refractivity contribution is 7.93. The highest BCUT2D eigenvalue weighted by Gasteiger charge is 2.59. The second kappa shape index (κ2) is 5.13. The first kappa shape index (κ1) is 14.0. The first-order valence-corrected chi connectivity index (χ1v) is 8.61. The van der Waals surface area contributed by atoms with E-state index in [1.54, 1.807) is 0 Å². The summed E-state index contributed by atoms with van der Waals surface area (Å²) in [6.07, 6.45) is 1.73. The maximum atomic E-state index is 12.5. The van der Waals surface area contributed by atoms with E-state index in [9.17, 15) is 13.5 Å². The number of sulfone groups is 1. The Hall–Kier alpha value is -0.910. The number of hydrogen-bond donors (Lipinski definition) is 1. The van der Waals surface area contributed by atoms with Crippen LogP contribution in [0.3, 0.4) is 0 Å². The van der Waals surface area contributed by atoms with E-state index in [1.807, 2.05) is 30.3 Å². The van der Waals surface area contributed by atoms with Crippen molar-refractivity contribution in [1.82, 2.24) is 0 Å². The molecule has 0 radical (unpaired) electrons. The second-order valence-electron chi connectivity index (χ2n) is 5.95. The van der Waals surface area contributed by atoms with E-state index < -0.39 is 20.7 Å². The Balaban J connectivity index is 1.57. The van der Waals surface area contributed by atoms with Gasteiger partial charge in [-0.1, -0.05) is 30.3 Å². The molecule has 0 bridgehead atoms. The second-order valence-corrected chi connectivity index (χ2v) is 8.58. The molecule has 20 heavy (non-hydrogen) atoms. The van der Waals surface area contributed by atoms with Gasteiger partial charge in [-0.2, -0.15) is 0 Å². The Morgan fingerprint density at radius 1 is 1.20 bits per heavy atom. The molecule has 2 fully saturated rings. The Labute approximate surface area is 119 Å². The normalized spacial score (nSPS) is 27.9. The molecule has 0 heterocycles. The van der Waals surface area contributed by atoms with Crippen LogP contribution >= 0.6 is 0 Å². The Morgan fingerprint density at radius 3 is 2.40 bits per heavy atom. The van der Waals surface area contributed by atoms with E-state index in [0.29, 0.717) is 32.3 Å². The van der Waals surface area contributed by atoms with E-state index in [1.165, 1.54) is 0 Å². The molecule has 1 aromatic carbocycles. The van der Waals surface area contributed by atoms with Gasteiger partial charge in [-0.3, -0.25) is 0 Å². The van der Waals surface area contributed by atoms with Gasteiger partial charge in [0.2, 0.25) is 0 Å². The van der Waals surface area contributed by atoms with E-state index in [2.05, 4.69) is 0 Å². The molecule has 0 saturated heterocycles. The largest absolute Gasteiger partial charge is 0.393 e. The fourth-order valence-electron chi connectivity index (χ4n) is 2.72. The molecule has 1 aromatic rings. The molecule has 110 valence electrons. The molecule has 0 aliphatic heterocycles. The third-order valence-corrected chi connectivity index (χ3v) is 7.39. The molecular formula is C15H20O4S. The number of hydrogen-bond acceptors (Lipinski definition) is 4. The number of aliphatic hydroxyl groups is 1. The summed E-state index contributed by atoms with van der Waals surface area (Å²) in [4.78, 5) is 0. The summed E-state index contributed by atoms with van der Waals surface area (Å²) in [5.41, 5.74) is 1.06. The predicted octanol–water partition coefficient (Wildman–Crippen LogP) is 1.67. The van der Waals surface area contributed by atoms with Crippen LogP contribution in [-0.4, -0.2) is 36.2 Å². The first-order chi connectivity index (χ1) is 9.53. The van der Waals surface area contributed by atoms with Crippen LogP contribution in [0.2, 0.25) is 0 Å². The number of ether oxygens (including phenoxy) is 1. The van der Waals surface area contributed by atoms with Gasteiger partial charge in [-0.15, -0.1) is 0 Å². The molecule has 0 atom stereocenters. The molecule has 0 aromatic heterocycles. The summed E-state index contributed by atoms with van der Waals surface area (Å²) in [6, 6.07) is 9.77. The number of aliphatic hydroxyl groups excluding tert-OH is 1. The van der Waals surface area contributed by atoms with Crippen molar-refractivity contribution in [1.29, 1.82) is 0 Å². The fourth-order valence-corrected chi connectivity index (χ4v) is 5.30. The molecule has 5 heteroatoms. The lowest BCUT2D eigenvalue weighted by atomic mass is 9.96. The van der Waals surface area contributed by atoms with Gasteiger partial charge in [0, 0.05) is 0 Å². The van der Waals surface area contributed by atoms with Crippen molar-refractivity contribution in [3.8, 4) is 0 Å². The zero-order valence-electron chi connectivity index (χ0n) is 11.4. The highest BCUT2D eigenvalue weighted by Crippen LogP contribution is 2.49. The van der Waals surface area contributed by atoms with Crippen molar-refractivity contribution >= 4 is 9.84 Å². The van der Waals surface area contributed by atoms with Gasteiger partial charge in [-0.05, 0) is 31.2 Å². The van der Waals surface area contributed by atoms with Gasteiger partial charge in [-0.25, -0.2) is 8.42 Å². The van der Waals surface area contributed by atoms with Crippen LogP contribution in [0.25, 0.3) is 0 Å². The molecule has 2 aliphatic carbocycles. The molecule has 2 aliphatic rings. The van der Waals surface area contributed by atoms with Crippen molar-refractivity contribution in [2.75, 3.05) is 6.61 Å². The maximum Gasteiger partial charge on any atom is 0.161 e. The van der Waals surface area contributed by atoms with Gasteiger partial charge in [0.15, 0.2) is 9.84 Å². The lowest BCUT2D eigenvalue weighted by Gasteiger charge is -2.34. The smallest absolute Gasteiger partial charge is 0.161 e. The molecule has 3 rings (SSSR count). The zero-order chi connectivity index (χ0) is 14.2. The molecule has 0 amide bonds. The average molecular weight is 296 g/mol.